The fraction of sp³-hybridized carbons (Fsp3) is 0.208. The molecule has 1 saturated heterocycles. The van der Waals surface area contributed by atoms with E-state index in [9.17, 15) is 14.5 Å². The van der Waals surface area contributed by atoms with E-state index < -0.39 is 38.9 Å². The fourth-order valence-electron chi connectivity index (χ4n) is 14.2. The third-order valence-corrected chi connectivity index (χ3v) is 41.3. The number of ketones is 1. The minimum absolute atomic E-state index is 0.0529. The first-order valence-electron chi connectivity index (χ1n) is 36.0. The largest absolute Gasteiger partial charge is 0.309 e. The van der Waals surface area contributed by atoms with Gasteiger partial charge in [-0.3, -0.25) is 0 Å². The standard InChI is InChI=1S/2C24H27OP.C21H21P.C18H15OP.C6H12.C3H6O/c1-23(2)24(3,4)26(25-23,20-14-8-5-9-15-20,21-16-10-6-11-17-21)22-18-12-7-13-19-22;1-23(2,25)24(3,4)26(20-14-8-5-9-15-20,21-16-10-6-11-17-21)22-18-12-7-13-19-22;1-18(2)22(19-12-6-3-7-13-19,20-14-8-4-9-15-20)21-16-10-5-11-17-21;19-20(16-10-4-1-5-11-16,17-12-6-2-7-13-17)18-14-8-3-9-15-18;1-5(2)6(3)4;1-3(2)4/h2*5-19H,1-4H3;3-17H,1-2H3;1-15H;1-4H3;1-2H3. The molecule has 8 heteroatoms. The molecule has 12 aromatic rings. The van der Waals surface area contributed by atoms with E-state index in [-0.39, 0.29) is 16.5 Å². The summed E-state index contributed by atoms with van der Waals surface area (Å²) < 4.78 is 21.0. The maximum Gasteiger partial charge on any atom is 0.171 e. The van der Waals surface area contributed by atoms with Crippen molar-refractivity contribution in [3.63, 3.8) is 0 Å². The van der Waals surface area contributed by atoms with Crippen LogP contribution in [-0.2, 0) is 13.9 Å². The van der Waals surface area contributed by atoms with E-state index >= 15 is 0 Å². The molecule has 1 aliphatic heterocycles. The molecule has 104 heavy (non-hydrogen) atoms. The van der Waals surface area contributed by atoms with Crippen LogP contribution in [0, 0.1) is 0 Å². The van der Waals surface area contributed by atoms with Gasteiger partial charge in [-0.05, 0) is 128 Å². The minimum Gasteiger partial charge on any atom is -0.309 e. The molecule has 0 saturated carbocycles. The van der Waals surface area contributed by atoms with Crippen molar-refractivity contribution < 1.29 is 19.0 Å². The number of carbonyl (C=O) groups excluding carboxylic acids is 1. The maximum atomic E-state index is 13.8. The normalized spacial score (nSPS) is 14.2. The van der Waals surface area contributed by atoms with Crippen molar-refractivity contribution in [2.45, 2.75) is 132 Å². The summed E-state index contributed by atoms with van der Waals surface area (Å²) >= 11 is 0. The Morgan fingerprint density at radius 2 is 0.529 bits per heavy atom. The van der Waals surface area contributed by atoms with Crippen molar-refractivity contribution in [2.75, 3.05) is 0 Å². The van der Waals surface area contributed by atoms with Crippen molar-refractivity contribution in [3.05, 3.63) is 375 Å². The van der Waals surface area contributed by atoms with Gasteiger partial charge < -0.3 is 14.5 Å². The quantitative estimate of drug-likeness (QED) is 0.0804. The monoisotopic (exact) mass is 1450 g/mol. The summed E-state index contributed by atoms with van der Waals surface area (Å²) in [6.07, 6.45) is 0. The van der Waals surface area contributed by atoms with Gasteiger partial charge in [0.2, 0.25) is 0 Å². The van der Waals surface area contributed by atoms with Crippen molar-refractivity contribution in [3.8, 4) is 0 Å². The van der Waals surface area contributed by atoms with Gasteiger partial charge in [-0.1, -0.05) is 272 Å². The van der Waals surface area contributed by atoms with Crippen LogP contribution in [0.1, 0.15) is 111 Å². The molecule has 1 fully saturated rings. The molecule has 536 valence electrons. The molecule has 1 aliphatic rings. The Morgan fingerprint density at radius 1 is 0.337 bits per heavy atom. The zero-order chi connectivity index (χ0) is 75.3. The molecular weight excluding hydrogens is 1340 g/mol. The average molecular weight is 1450 g/mol. The molecule has 0 aliphatic carbocycles. The second-order valence-electron chi connectivity index (χ2n) is 29.1. The van der Waals surface area contributed by atoms with Crippen LogP contribution in [0.2, 0.25) is 0 Å². The third-order valence-electron chi connectivity index (χ3n) is 20.9. The molecule has 0 aromatic heterocycles. The van der Waals surface area contributed by atoms with E-state index in [4.69, 9.17) is 4.52 Å². The van der Waals surface area contributed by atoms with E-state index in [1.807, 2.05) is 123 Å². The average Bonchev–Trinajstić information content (AvgIpc) is 0.629. The number of allylic oxidation sites excluding steroid dienone is 2. The van der Waals surface area contributed by atoms with Crippen LogP contribution in [0.25, 0.3) is 0 Å². The van der Waals surface area contributed by atoms with Crippen LogP contribution >= 0.6 is 28.1 Å². The van der Waals surface area contributed by atoms with Crippen LogP contribution < -0.4 is 68.8 Å². The van der Waals surface area contributed by atoms with Gasteiger partial charge in [0.15, 0.2) is 7.14 Å². The fourth-order valence-corrected chi connectivity index (χ4v) is 34.3. The summed E-state index contributed by atoms with van der Waals surface area (Å²) in [5.41, 5.74) is 1.53. The molecular formula is C96H108O4P4. The molecule has 12 aromatic carbocycles. The second-order valence-corrected chi connectivity index (χ2v) is 44.6. The van der Waals surface area contributed by atoms with Crippen LogP contribution in [0.5, 0.6) is 0 Å². The number of rotatable bonds is 14. The first-order chi connectivity index (χ1) is 49.6. The first-order valence-corrected chi connectivity index (χ1v) is 43.4. The number of hydrogen-bond donors (Lipinski definition) is 0. The van der Waals surface area contributed by atoms with Gasteiger partial charge >= 0.3 is 157 Å². The van der Waals surface area contributed by atoms with Crippen molar-refractivity contribution in [1.29, 1.82) is 0 Å². The maximum absolute atomic E-state index is 13.8. The third kappa shape index (κ3) is 16.3. The predicted octanol–water partition coefficient (Wildman–Crippen LogP) is 19.4. The second kappa shape index (κ2) is 35.4. The molecule has 4 nitrogen and oxygen atoms in total. The van der Waals surface area contributed by atoms with Crippen molar-refractivity contribution >= 4 is 103 Å². The Kier molecular flexibility index (Phi) is 27.6. The van der Waals surface area contributed by atoms with Crippen molar-refractivity contribution in [1.82, 2.24) is 0 Å². The zero-order valence-electron chi connectivity index (χ0n) is 64.1. The van der Waals surface area contributed by atoms with Crippen molar-refractivity contribution in [2.24, 2.45) is 0 Å². The van der Waals surface area contributed by atoms with Gasteiger partial charge in [-0.2, -0.15) is 0 Å². The SMILES string of the molecule is CC(C)([O-])C(C)(C)[P+](c1ccccc1)(c1ccccc1)c1ccccc1.CC(C)=C(C)C.CC(C)=O.CC(C)=P(c1ccccc1)(c1ccccc1)c1ccccc1.CC1(C)OP(c2ccccc2)(c2ccccc2)(c2ccccc2)C1(C)C.O=P(c1ccccc1)(c1ccccc1)c1ccccc1. The zero-order valence-corrected chi connectivity index (χ0v) is 67.6. The van der Waals surface area contributed by atoms with E-state index in [0.717, 1.165) is 15.9 Å². The Morgan fingerprint density at radius 3 is 0.702 bits per heavy atom. The molecule has 0 bridgehead atoms. The van der Waals surface area contributed by atoms with Crippen LogP contribution in [0.3, 0.4) is 0 Å². The summed E-state index contributed by atoms with van der Waals surface area (Å²) in [6.45, 7) is 28.5. The molecule has 0 unspecified atom stereocenters. The van der Waals surface area contributed by atoms with Gasteiger partial charge in [0.1, 0.15) is 29.0 Å². The molecule has 0 N–H and O–H groups in total. The van der Waals surface area contributed by atoms with Crippen LogP contribution in [0.15, 0.2) is 375 Å². The number of benzene rings is 12. The number of carbonyl (C=O) groups is 1. The molecule has 1 heterocycles. The summed E-state index contributed by atoms with van der Waals surface area (Å²) in [5.74, 6) is 0.167. The summed E-state index contributed by atoms with van der Waals surface area (Å²) in [4.78, 5) is 9.44. The Hall–Kier alpha value is -8.64. The topological polar surface area (TPSA) is 66.4 Å². The minimum atomic E-state index is -3.10. The van der Waals surface area contributed by atoms with Crippen LogP contribution in [0.4, 0.5) is 0 Å². The van der Waals surface area contributed by atoms with E-state index in [0.29, 0.717) is 0 Å². The Labute approximate surface area is 625 Å². The molecule has 0 spiro atoms. The van der Waals surface area contributed by atoms with Gasteiger partial charge in [-0.25, -0.2) is 0 Å². The summed E-state index contributed by atoms with van der Waals surface area (Å²) in [6, 6.07) is 127. The number of hydrogen-bond acceptors (Lipinski definition) is 4. The predicted molar refractivity (Wildman–Crippen MR) is 461 cm³/mol. The van der Waals surface area contributed by atoms with Gasteiger partial charge in [0.25, 0.3) is 0 Å². The summed E-state index contributed by atoms with van der Waals surface area (Å²) in [5, 5.41) is 29.0. The molecule has 0 atom stereocenters. The van der Waals surface area contributed by atoms with E-state index in [2.05, 4.69) is 338 Å². The Bertz CT molecular complexity index is 4300. The van der Waals surface area contributed by atoms with E-state index in [1.165, 1.54) is 78.0 Å². The first kappa shape index (κ1) is 81.0. The van der Waals surface area contributed by atoms with E-state index in [1.54, 1.807) is 0 Å². The number of Topliss-reactive ketones (excluding diaryl/α,β-unsaturated/α-hetero) is 1. The molecule has 0 amide bonds. The van der Waals surface area contributed by atoms with Gasteiger partial charge in [0.05, 0.1) is 5.16 Å². The summed E-state index contributed by atoms with van der Waals surface area (Å²) in [7, 11) is -4.97. The van der Waals surface area contributed by atoms with Gasteiger partial charge in [-0.15, -0.1) is 0 Å². The smallest absolute Gasteiger partial charge is 0.171 e. The van der Waals surface area contributed by atoms with Gasteiger partial charge in [0, 0.05) is 15.9 Å². The molecule has 0 radical (unpaired) electrons. The Balaban J connectivity index is 0.000000169. The molecule has 13 rings (SSSR count). The van der Waals surface area contributed by atoms with Crippen LogP contribution in [-0.4, -0.2) is 32.6 Å².